The summed E-state index contributed by atoms with van der Waals surface area (Å²) in [6.45, 7) is 11.6. The molecule has 5 saturated heterocycles. The van der Waals surface area contributed by atoms with E-state index in [-0.39, 0.29) is 24.0 Å². The first-order chi connectivity index (χ1) is 9.95. The molecule has 1 unspecified atom stereocenters. The molecule has 8 aliphatic rings. The van der Waals surface area contributed by atoms with Crippen LogP contribution in [0.2, 0.25) is 0 Å². The highest BCUT2D eigenvalue weighted by Gasteiger charge is 2.96. The molecule has 0 radical (unpaired) electrons. The van der Waals surface area contributed by atoms with E-state index in [1.54, 1.807) is 5.12 Å². The van der Waals surface area contributed by atoms with Crippen LogP contribution in [0.3, 0.4) is 0 Å². The maximum absolute atomic E-state index is 2.88. The van der Waals surface area contributed by atoms with Gasteiger partial charge in [0.25, 0.3) is 0 Å². The molecule has 8 fully saturated rings. The molecule has 0 amide bonds. The van der Waals surface area contributed by atoms with Crippen molar-refractivity contribution < 1.29 is 29.1 Å². The Labute approximate surface area is 150 Å². The summed E-state index contributed by atoms with van der Waals surface area (Å²) >= 11 is 0. The number of quaternary nitrogens is 1. The van der Waals surface area contributed by atoms with Crippen molar-refractivity contribution in [3.63, 3.8) is 0 Å². The summed E-state index contributed by atoms with van der Waals surface area (Å²) in [5.41, 5.74) is 1.21. The van der Waals surface area contributed by atoms with E-state index in [0.717, 1.165) is 35.8 Å². The van der Waals surface area contributed by atoms with Gasteiger partial charge in [0.05, 0.1) is 11.6 Å². The summed E-state index contributed by atoms with van der Waals surface area (Å²) in [7, 11) is 0. The molecule has 0 spiro atoms. The molecular weight excluding hydrogens is 387 g/mol. The van der Waals surface area contributed by atoms with Gasteiger partial charge in [0.15, 0.2) is 0 Å². The van der Waals surface area contributed by atoms with Gasteiger partial charge >= 0.3 is 0 Å². The topological polar surface area (TPSA) is 14.2 Å². The maximum atomic E-state index is 2.88. The van der Waals surface area contributed by atoms with E-state index in [1.165, 1.54) is 25.9 Å². The molecule has 1 N–H and O–H groups in total. The quantitative estimate of drug-likeness (QED) is 0.441. The van der Waals surface area contributed by atoms with Gasteiger partial charge in [-0.05, 0) is 32.6 Å². The van der Waals surface area contributed by atoms with Crippen LogP contribution in [-0.4, -0.2) is 45.0 Å². The standard InChI is InChI=1S/C17H26N4.HI/c1-15(2)16(3)11-12-14-10-7-5-6-9(10)13(11)18-8-19(16)21(20(14)18)17(12,15)4;/h9-14H,5-8H2,1-4H3;1H/t9-,10+,11+,12-,13-,14+,16-,17+;/m0./s1. The average Bonchev–Trinajstić information content (AvgIpc) is 3.13. The molecule has 9 atom stereocenters. The van der Waals surface area contributed by atoms with E-state index in [4.69, 9.17) is 0 Å². The van der Waals surface area contributed by atoms with Crippen LogP contribution in [0, 0.1) is 29.1 Å². The zero-order valence-electron chi connectivity index (χ0n) is 14.0. The van der Waals surface area contributed by atoms with Gasteiger partial charge in [0.2, 0.25) is 0 Å². The van der Waals surface area contributed by atoms with Crippen LogP contribution < -0.4 is 29.1 Å². The third kappa shape index (κ3) is 0.845. The van der Waals surface area contributed by atoms with Crippen LogP contribution in [0.5, 0.6) is 0 Å². The lowest BCUT2D eigenvalue weighted by Gasteiger charge is -2.60. The van der Waals surface area contributed by atoms with Crippen LogP contribution in [0.15, 0.2) is 0 Å². The van der Waals surface area contributed by atoms with Crippen molar-refractivity contribution >= 4 is 0 Å². The van der Waals surface area contributed by atoms with Crippen LogP contribution in [-0.2, 0) is 0 Å². The van der Waals surface area contributed by atoms with E-state index >= 15 is 0 Å². The van der Waals surface area contributed by atoms with Crippen molar-refractivity contribution in [2.24, 2.45) is 29.1 Å². The zero-order chi connectivity index (χ0) is 14.1. The predicted molar refractivity (Wildman–Crippen MR) is 77.3 cm³/mol. The molecule has 5 aliphatic heterocycles. The number of halogens is 1. The van der Waals surface area contributed by atoms with Crippen molar-refractivity contribution in [3.8, 4) is 0 Å². The molecule has 0 aromatic rings. The van der Waals surface area contributed by atoms with Gasteiger partial charge in [-0.2, -0.15) is 10.1 Å². The molecule has 3 aliphatic carbocycles. The van der Waals surface area contributed by atoms with Crippen molar-refractivity contribution in [2.45, 2.75) is 70.1 Å². The van der Waals surface area contributed by atoms with E-state index < -0.39 is 0 Å². The highest BCUT2D eigenvalue weighted by atomic mass is 127. The van der Waals surface area contributed by atoms with Crippen LogP contribution >= 0.6 is 0 Å². The van der Waals surface area contributed by atoms with E-state index in [9.17, 15) is 0 Å². The second kappa shape index (κ2) is 3.30. The smallest absolute Gasteiger partial charge is 0.133 e. The highest BCUT2D eigenvalue weighted by molar-refractivity contribution is 5.36. The molecular formula is C17H27IN4. The Kier molecular flexibility index (Phi) is 2.07. The fourth-order valence-corrected chi connectivity index (χ4v) is 9.21. The van der Waals surface area contributed by atoms with Gasteiger partial charge in [-0.25, -0.2) is 0 Å². The van der Waals surface area contributed by atoms with E-state index in [2.05, 4.69) is 42.8 Å². The number of nitrogens with one attached hydrogen (secondary N) is 1. The second-order valence-electron chi connectivity index (χ2n) is 9.93. The first kappa shape index (κ1) is 13.8. The minimum atomic E-state index is 0. The number of hydrogen-bond acceptors (Lipinski definition) is 3. The Balaban J connectivity index is 0.00000104. The fraction of sp³-hybridized carbons (Fsp3) is 1.00. The summed E-state index contributed by atoms with van der Waals surface area (Å²) in [5.74, 6) is 3.93. The van der Waals surface area contributed by atoms with Gasteiger partial charge in [-0.15, -0.1) is 5.01 Å². The molecule has 4 nitrogen and oxygen atoms in total. The summed E-state index contributed by atoms with van der Waals surface area (Å²) < 4.78 is 0. The predicted octanol–water partition coefficient (Wildman–Crippen LogP) is -2.51. The van der Waals surface area contributed by atoms with Gasteiger partial charge in [0.1, 0.15) is 18.2 Å². The second-order valence-corrected chi connectivity index (χ2v) is 9.93. The number of hydrazine groups is 1. The van der Waals surface area contributed by atoms with Gasteiger partial charge in [-0.1, -0.05) is 25.4 Å². The molecule has 22 heavy (non-hydrogen) atoms. The van der Waals surface area contributed by atoms with Gasteiger partial charge < -0.3 is 24.0 Å². The molecule has 122 valence electrons. The van der Waals surface area contributed by atoms with Crippen LogP contribution in [0.4, 0.5) is 0 Å². The van der Waals surface area contributed by atoms with Gasteiger partial charge in [0, 0.05) is 23.2 Å². The minimum Gasteiger partial charge on any atom is -1.00 e. The Morgan fingerprint density at radius 1 is 0.955 bits per heavy atom. The van der Waals surface area contributed by atoms with Crippen molar-refractivity contribution in [2.75, 3.05) is 6.67 Å². The lowest BCUT2D eigenvalue weighted by atomic mass is 9.57. The SMILES string of the molecule is CC1(C)[C@@]2(C)[C@@H]3[C@H]4[C@@H]5CCC[C@@H]5[C@H]5[C@@H]3[C@]1(C)N1CN5[NH+]4N12.[I-]. The first-order valence-electron chi connectivity index (χ1n) is 9.17. The number of fused-ring (bicyclic) bond motifs is 2. The monoisotopic (exact) mass is 414 g/mol. The number of nitrogens with zero attached hydrogens (tertiary/aromatic N) is 3. The third-order valence-corrected chi connectivity index (χ3v) is 10.2. The maximum Gasteiger partial charge on any atom is 0.133 e. The Morgan fingerprint density at radius 2 is 1.68 bits per heavy atom. The molecule has 5 heteroatoms. The largest absolute Gasteiger partial charge is 1.00 e. The molecule has 6 bridgehead atoms. The molecule has 0 aromatic heterocycles. The number of rotatable bonds is 0. The normalized spacial score (nSPS) is 68.5. The molecule has 5 heterocycles. The summed E-state index contributed by atoms with van der Waals surface area (Å²) in [6, 6.07) is 1.79. The lowest BCUT2D eigenvalue weighted by molar-refractivity contribution is -1.13. The van der Waals surface area contributed by atoms with Crippen LogP contribution in [0.25, 0.3) is 0 Å². The first-order valence-corrected chi connectivity index (χ1v) is 9.17. The van der Waals surface area contributed by atoms with E-state index in [0.29, 0.717) is 16.5 Å². The fourth-order valence-electron chi connectivity index (χ4n) is 9.21. The van der Waals surface area contributed by atoms with Crippen LogP contribution in [0.1, 0.15) is 47.0 Å². The van der Waals surface area contributed by atoms with Crippen molar-refractivity contribution in [1.29, 1.82) is 0 Å². The summed E-state index contributed by atoms with van der Waals surface area (Å²) in [5, 5.41) is 10.3. The molecule has 8 rings (SSSR count). The zero-order valence-corrected chi connectivity index (χ0v) is 16.2. The Morgan fingerprint density at radius 3 is 2.45 bits per heavy atom. The summed E-state index contributed by atoms with van der Waals surface area (Å²) in [6.07, 6.45) is 4.54. The third-order valence-electron chi connectivity index (χ3n) is 10.2. The number of hydrogen-bond donors (Lipinski definition) is 1. The Bertz CT molecular complexity index is 595. The highest BCUT2D eigenvalue weighted by Crippen LogP contribution is 2.77. The minimum absolute atomic E-state index is 0. The van der Waals surface area contributed by atoms with Crippen molar-refractivity contribution in [3.05, 3.63) is 0 Å². The summed E-state index contributed by atoms with van der Waals surface area (Å²) in [4.78, 5) is 0. The van der Waals surface area contributed by atoms with Gasteiger partial charge in [-0.3, -0.25) is 0 Å². The molecule has 3 saturated carbocycles. The molecule has 0 aromatic carbocycles. The lowest BCUT2D eigenvalue weighted by Crippen LogP contribution is -3.26. The van der Waals surface area contributed by atoms with Crippen molar-refractivity contribution in [1.82, 2.24) is 15.1 Å². The average molecular weight is 414 g/mol. The Hall–Kier alpha value is 0.570. The van der Waals surface area contributed by atoms with E-state index in [1.807, 2.05) is 0 Å².